The predicted octanol–water partition coefficient (Wildman–Crippen LogP) is 0.520. The minimum Gasteiger partial charge on any atom is -0.326 e. The molecule has 0 bridgehead atoms. The number of H-pyrrole nitrogens is 1. The van der Waals surface area contributed by atoms with Gasteiger partial charge in [-0.2, -0.15) is 5.21 Å². The van der Waals surface area contributed by atoms with Crippen molar-refractivity contribution in [2.24, 2.45) is 0 Å². The molecule has 1 amide bonds. The van der Waals surface area contributed by atoms with Crippen molar-refractivity contribution in [1.82, 2.24) is 20.6 Å². The number of nitrogens with zero attached hydrogens (tertiary/aromatic N) is 3. The van der Waals surface area contributed by atoms with E-state index in [0.29, 0.717) is 11.5 Å². The predicted molar refractivity (Wildman–Crippen MR) is 52.9 cm³/mol. The van der Waals surface area contributed by atoms with Gasteiger partial charge in [-0.1, -0.05) is 5.21 Å². The Kier molecular flexibility index (Phi) is 2.86. The van der Waals surface area contributed by atoms with Gasteiger partial charge < -0.3 is 5.32 Å². The Hall–Kier alpha value is -2.31. The summed E-state index contributed by atoms with van der Waals surface area (Å²) in [5.41, 5.74) is 0.523. The van der Waals surface area contributed by atoms with Crippen molar-refractivity contribution < 1.29 is 9.18 Å². The zero-order chi connectivity index (χ0) is 11.4. The second-order valence-electron chi connectivity index (χ2n) is 3.06. The number of carbonyl (C=O) groups is 1. The molecular formula is C9H8FN5O. The van der Waals surface area contributed by atoms with Gasteiger partial charge in [0.15, 0.2) is 5.82 Å². The maximum Gasteiger partial charge on any atom is 0.232 e. The van der Waals surface area contributed by atoms with Gasteiger partial charge in [-0.25, -0.2) is 4.39 Å². The number of benzene rings is 1. The van der Waals surface area contributed by atoms with E-state index in [1.165, 1.54) is 24.3 Å². The zero-order valence-electron chi connectivity index (χ0n) is 8.14. The van der Waals surface area contributed by atoms with Crippen molar-refractivity contribution in [3.8, 4) is 0 Å². The molecule has 0 atom stereocenters. The van der Waals surface area contributed by atoms with Gasteiger partial charge in [-0.05, 0) is 24.3 Å². The third-order valence-corrected chi connectivity index (χ3v) is 1.84. The maximum atomic E-state index is 12.6. The number of aromatic nitrogens is 4. The van der Waals surface area contributed by atoms with Crippen LogP contribution >= 0.6 is 0 Å². The van der Waals surface area contributed by atoms with Crippen LogP contribution in [0.5, 0.6) is 0 Å². The number of hydrogen-bond donors (Lipinski definition) is 2. The molecule has 82 valence electrons. The summed E-state index contributed by atoms with van der Waals surface area (Å²) >= 11 is 0. The highest BCUT2D eigenvalue weighted by Gasteiger charge is 2.07. The minimum absolute atomic E-state index is 0.0217. The fourth-order valence-corrected chi connectivity index (χ4v) is 1.14. The Bertz CT molecular complexity index is 467. The monoisotopic (exact) mass is 221 g/mol. The van der Waals surface area contributed by atoms with Crippen molar-refractivity contribution in [3.05, 3.63) is 35.9 Å². The van der Waals surface area contributed by atoms with Crippen LogP contribution in [0.2, 0.25) is 0 Å². The van der Waals surface area contributed by atoms with E-state index in [4.69, 9.17) is 0 Å². The number of aromatic amines is 1. The summed E-state index contributed by atoms with van der Waals surface area (Å²) in [5, 5.41) is 15.4. The number of anilines is 1. The second kappa shape index (κ2) is 4.47. The molecule has 16 heavy (non-hydrogen) atoms. The van der Waals surface area contributed by atoms with Crippen LogP contribution in [-0.2, 0) is 11.2 Å². The van der Waals surface area contributed by atoms with Gasteiger partial charge in [0.05, 0.1) is 6.42 Å². The third-order valence-electron chi connectivity index (χ3n) is 1.84. The lowest BCUT2D eigenvalue weighted by atomic mass is 10.3. The van der Waals surface area contributed by atoms with Crippen LogP contribution in [0.4, 0.5) is 10.1 Å². The van der Waals surface area contributed by atoms with E-state index in [0.717, 1.165) is 0 Å². The molecule has 7 heteroatoms. The topological polar surface area (TPSA) is 83.6 Å². The normalized spacial score (nSPS) is 10.1. The van der Waals surface area contributed by atoms with Crippen molar-refractivity contribution in [3.63, 3.8) is 0 Å². The van der Waals surface area contributed by atoms with E-state index in [2.05, 4.69) is 25.9 Å². The molecule has 0 aliphatic heterocycles. The molecule has 0 saturated carbocycles. The SMILES string of the molecule is O=C(Cc1nn[nH]n1)Nc1ccc(F)cc1. The highest BCUT2D eigenvalue weighted by Crippen LogP contribution is 2.08. The molecule has 1 heterocycles. The Balaban J connectivity index is 1.95. The van der Waals surface area contributed by atoms with Gasteiger partial charge >= 0.3 is 0 Å². The van der Waals surface area contributed by atoms with Crippen LogP contribution in [-0.4, -0.2) is 26.5 Å². The number of halogens is 1. The van der Waals surface area contributed by atoms with E-state index in [-0.39, 0.29) is 18.1 Å². The molecule has 0 saturated heterocycles. The Morgan fingerprint density at radius 1 is 1.38 bits per heavy atom. The summed E-state index contributed by atoms with van der Waals surface area (Å²) in [6, 6.07) is 5.49. The number of carbonyl (C=O) groups excluding carboxylic acids is 1. The van der Waals surface area contributed by atoms with E-state index in [1.54, 1.807) is 0 Å². The molecular weight excluding hydrogens is 213 g/mol. The van der Waals surface area contributed by atoms with Crippen LogP contribution in [0, 0.1) is 5.82 Å². The van der Waals surface area contributed by atoms with Crippen molar-refractivity contribution in [1.29, 1.82) is 0 Å². The highest BCUT2D eigenvalue weighted by molar-refractivity contribution is 5.91. The standard InChI is InChI=1S/C9H8FN5O/c10-6-1-3-7(4-2-6)11-9(16)5-8-12-14-15-13-8/h1-4H,5H2,(H,11,16)(H,12,13,14,15). The molecule has 0 aliphatic rings. The summed E-state index contributed by atoms with van der Waals surface area (Å²) in [6.07, 6.45) is 0.0217. The summed E-state index contributed by atoms with van der Waals surface area (Å²) in [7, 11) is 0. The minimum atomic E-state index is -0.351. The van der Waals surface area contributed by atoms with Crippen LogP contribution < -0.4 is 5.32 Å². The average molecular weight is 221 g/mol. The first kappa shape index (κ1) is 10.2. The van der Waals surface area contributed by atoms with Gasteiger partial charge in [0.2, 0.25) is 5.91 Å². The number of hydrogen-bond acceptors (Lipinski definition) is 4. The third kappa shape index (κ3) is 2.59. The summed E-state index contributed by atoms with van der Waals surface area (Å²) in [6.45, 7) is 0. The van der Waals surface area contributed by atoms with Crippen molar-refractivity contribution in [2.75, 3.05) is 5.32 Å². The molecule has 2 aromatic rings. The highest BCUT2D eigenvalue weighted by atomic mass is 19.1. The molecule has 0 unspecified atom stereocenters. The Morgan fingerprint density at radius 3 is 2.75 bits per heavy atom. The van der Waals surface area contributed by atoms with Crippen molar-refractivity contribution in [2.45, 2.75) is 6.42 Å². The molecule has 0 spiro atoms. The average Bonchev–Trinajstić information content (AvgIpc) is 2.74. The first-order valence-electron chi connectivity index (χ1n) is 4.52. The van der Waals surface area contributed by atoms with Gasteiger partial charge in [0.25, 0.3) is 0 Å². The zero-order valence-corrected chi connectivity index (χ0v) is 8.14. The largest absolute Gasteiger partial charge is 0.326 e. The van der Waals surface area contributed by atoms with Crippen LogP contribution in [0.25, 0.3) is 0 Å². The number of tetrazole rings is 1. The van der Waals surface area contributed by atoms with E-state index in [1.807, 2.05) is 0 Å². The molecule has 0 fully saturated rings. The number of amides is 1. The lowest BCUT2D eigenvalue weighted by Crippen LogP contribution is -2.15. The lowest BCUT2D eigenvalue weighted by molar-refractivity contribution is -0.115. The second-order valence-corrected chi connectivity index (χ2v) is 3.06. The van der Waals surface area contributed by atoms with Gasteiger partial charge in [0, 0.05) is 5.69 Å². The first-order chi connectivity index (χ1) is 7.74. The van der Waals surface area contributed by atoms with Crippen molar-refractivity contribution >= 4 is 11.6 Å². The summed E-state index contributed by atoms with van der Waals surface area (Å²) in [5.74, 6) is -0.330. The first-order valence-corrected chi connectivity index (χ1v) is 4.52. The smallest absolute Gasteiger partial charge is 0.232 e. The molecule has 1 aromatic heterocycles. The lowest BCUT2D eigenvalue weighted by Gasteiger charge is -2.02. The summed E-state index contributed by atoms with van der Waals surface area (Å²) < 4.78 is 12.6. The van der Waals surface area contributed by atoms with E-state index < -0.39 is 0 Å². The molecule has 2 N–H and O–H groups in total. The summed E-state index contributed by atoms with van der Waals surface area (Å²) in [4.78, 5) is 11.4. The maximum absolute atomic E-state index is 12.6. The molecule has 6 nitrogen and oxygen atoms in total. The van der Waals surface area contributed by atoms with Crippen LogP contribution in [0.3, 0.4) is 0 Å². The van der Waals surface area contributed by atoms with E-state index >= 15 is 0 Å². The van der Waals surface area contributed by atoms with Crippen LogP contribution in [0.1, 0.15) is 5.82 Å². The van der Waals surface area contributed by atoms with Gasteiger partial charge in [-0.15, -0.1) is 10.2 Å². The van der Waals surface area contributed by atoms with Gasteiger partial charge in [-0.3, -0.25) is 4.79 Å². The Morgan fingerprint density at radius 2 is 2.12 bits per heavy atom. The molecule has 0 aliphatic carbocycles. The van der Waals surface area contributed by atoms with E-state index in [9.17, 15) is 9.18 Å². The Labute approximate surface area is 89.9 Å². The van der Waals surface area contributed by atoms with Gasteiger partial charge in [0.1, 0.15) is 5.82 Å². The molecule has 1 aromatic carbocycles. The van der Waals surface area contributed by atoms with Crippen LogP contribution in [0.15, 0.2) is 24.3 Å². The molecule has 2 rings (SSSR count). The quantitative estimate of drug-likeness (QED) is 0.791. The number of rotatable bonds is 3. The fourth-order valence-electron chi connectivity index (χ4n) is 1.14. The molecule has 0 radical (unpaired) electrons. The fraction of sp³-hybridized carbons (Fsp3) is 0.111. The number of nitrogens with one attached hydrogen (secondary N) is 2.